The van der Waals surface area contributed by atoms with Crippen LogP contribution >= 0.6 is 0 Å². The number of fused-ring (bicyclic) bond motifs is 1. The Morgan fingerprint density at radius 1 is 1.28 bits per heavy atom. The average Bonchev–Trinajstić information content (AvgIpc) is 3.15. The molecule has 0 aromatic carbocycles. The van der Waals surface area contributed by atoms with Gasteiger partial charge < -0.3 is 14.7 Å². The summed E-state index contributed by atoms with van der Waals surface area (Å²) in [6, 6.07) is 6.08. The number of amides is 1. The second-order valence-corrected chi connectivity index (χ2v) is 7.28. The van der Waals surface area contributed by atoms with Gasteiger partial charge in [-0.15, -0.1) is 0 Å². The molecule has 4 rings (SSSR count). The van der Waals surface area contributed by atoms with E-state index in [-0.39, 0.29) is 5.91 Å². The second kappa shape index (κ2) is 7.98. The predicted molar refractivity (Wildman–Crippen MR) is 108 cm³/mol. The van der Waals surface area contributed by atoms with E-state index in [4.69, 9.17) is 4.52 Å². The van der Waals surface area contributed by atoms with Gasteiger partial charge in [0.1, 0.15) is 5.82 Å². The van der Waals surface area contributed by atoms with Crippen LogP contribution < -0.4 is 10.2 Å². The predicted octanol–water partition coefficient (Wildman–Crippen LogP) is 2.38. The maximum Gasteiger partial charge on any atom is 0.228 e. The highest BCUT2D eigenvalue weighted by molar-refractivity contribution is 5.72. The topological polar surface area (TPSA) is 97.0 Å². The highest BCUT2D eigenvalue weighted by Gasteiger charge is 2.24. The van der Waals surface area contributed by atoms with Crippen molar-refractivity contribution in [2.45, 2.75) is 40.2 Å². The number of hydrogen-bond donors (Lipinski definition) is 1. The molecule has 1 aliphatic rings. The van der Waals surface area contributed by atoms with Crippen LogP contribution in [0.4, 0.5) is 5.82 Å². The summed E-state index contributed by atoms with van der Waals surface area (Å²) in [5.41, 5.74) is 5.23. The minimum absolute atomic E-state index is 0.0745. The van der Waals surface area contributed by atoms with Crippen molar-refractivity contribution >= 4 is 11.7 Å². The number of nitrogens with one attached hydrogen (secondary N) is 1. The molecule has 0 radical (unpaired) electrons. The van der Waals surface area contributed by atoms with Crippen molar-refractivity contribution in [2.24, 2.45) is 0 Å². The van der Waals surface area contributed by atoms with Crippen LogP contribution in [0.3, 0.4) is 0 Å². The van der Waals surface area contributed by atoms with E-state index in [1.807, 2.05) is 38.2 Å². The number of anilines is 1. The Labute approximate surface area is 169 Å². The maximum atomic E-state index is 11.0. The molecule has 0 fully saturated rings. The van der Waals surface area contributed by atoms with Gasteiger partial charge in [0.05, 0.1) is 0 Å². The summed E-state index contributed by atoms with van der Waals surface area (Å²) in [7, 11) is 0. The van der Waals surface area contributed by atoms with Gasteiger partial charge in [-0.1, -0.05) is 11.2 Å². The van der Waals surface area contributed by atoms with E-state index in [0.717, 1.165) is 47.8 Å². The lowest BCUT2D eigenvalue weighted by atomic mass is 9.94. The summed E-state index contributed by atoms with van der Waals surface area (Å²) in [4.78, 5) is 27.1. The summed E-state index contributed by atoms with van der Waals surface area (Å²) in [5, 5.41) is 6.92. The Balaban J connectivity index is 1.58. The van der Waals surface area contributed by atoms with Crippen LogP contribution in [0.5, 0.6) is 0 Å². The lowest BCUT2D eigenvalue weighted by molar-refractivity contribution is -0.118. The molecule has 0 saturated heterocycles. The van der Waals surface area contributed by atoms with Gasteiger partial charge in [0.25, 0.3) is 0 Å². The van der Waals surface area contributed by atoms with Crippen LogP contribution in [0.2, 0.25) is 0 Å². The normalized spacial score (nSPS) is 13.3. The third-order valence-corrected chi connectivity index (χ3v) is 5.06. The van der Waals surface area contributed by atoms with Gasteiger partial charge >= 0.3 is 0 Å². The fraction of sp³-hybridized carbons (Fsp3) is 0.381. The van der Waals surface area contributed by atoms with Crippen LogP contribution in [0, 0.1) is 13.8 Å². The van der Waals surface area contributed by atoms with Crippen molar-refractivity contribution in [3.63, 3.8) is 0 Å². The highest BCUT2D eigenvalue weighted by atomic mass is 16.5. The lowest BCUT2D eigenvalue weighted by Crippen LogP contribution is -2.31. The molecule has 3 aromatic heterocycles. The third kappa shape index (κ3) is 4.11. The van der Waals surface area contributed by atoms with Gasteiger partial charge in [-0.25, -0.2) is 4.98 Å². The Bertz CT molecular complexity index is 1050. The van der Waals surface area contributed by atoms with Crippen LogP contribution in [-0.2, 0) is 24.2 Å². The molecule has 3 aromatic rings. The average molecular weight is 392 g/mol. The van der Waals surface area contributed by atoms with Crippen molar-refractivity contribution in [3.8, 4) is 11.4 Å². The number of carbonyl (C=O) groups excluding carboxylic acids is 1. The first kappa shape index (κ1) is 19.0. The van der Waals surface area contributed by atoms with Crippen molar-refractivity contribution in [1.82, 2.24) is 25.4 Å². The fourth-order valence-corrected chi connectivity index (χ4v) is 3.65. The molecule has 0 atom stereocenters. The minimum Gasteiger partial charge on any atom is -0.356 e. The molecule has 0 bridgehead atoms. The summed E-state index contributed by atoms with van der Waals surface area (Å²) in [6.07, 6.45) is 3.30. The first-order valence-corrected chi connectivity index (χ1v) is 9.74. The fourth-order valence-electron chi connectivity index (χ4n) is 3.65. The molecule has 0 aliphatic carbocycles. The van der Waals surface area contributed by atoms with E-state index in [1.165, 1.54) is 12.5 Å². The zero-order valence-electron chi connectivity index (χ0n) is 16.9. The van der Waals surface area contributed by atoms with E-state index >= 15 is 0 Å². The minimum atomic E-state index is -0.0745. The zero-order chi connectivity index (χ0) is 20.4. The van der Waals surface area contributed by atoms with E-state index in [9.17, 15) is 4.79 Å². The first-order chi connectivity index (χ1) is 14.0. The molecular weight excluding hydrogens is 368 g/mol. The Morgan fingerprint density at radius 2 is 2.14 bits per heavy atom. The number of pyridine rings is 2. The van der Waals surface area contributed by atoms with Crippen molar-refractivity contribution < 1.29 is 9.32 Å². The molecule has 8 nitrogen and oxygen atoms in total. The third-order valence-electron chi connectivity index (χ3n) is 5.06. The standard InChI is InChI=1S/C21H24N6O2/c1-13-5-4-6-18(24-13)27-10-8-17-16(12-27)11-23-14(2)20(17)21-25-19(29-26-21)7-9-22-15(3)28/h4-6,11H,7-10,12H2,1-3H3,(H,22,28). The van der Waals surface area contributed by atoms with Gasteiger partial charge in [0, 0.05) is 56.1 Å². The van der Waals surface area contributed by atoms with Gasteiger partial charge in [0.15, 0.2) is 0 Å². The van der Waals surface area contributed by atoms with Crippen molar-refractivity contribution in [3.05, 3.63) is 52.8 Å². The second-order valence-electron chi connectivity index (χ2n) is 7.28. The molecule has 0 unspecified atom stereocenters. The molecule has 150 valence electrons. The molecule has 1 N–H and O–H groups in total. The van der Waals surface area contributed by atoms with Crippen LogP contribution in [-0.4, -0.2) is 39.1 Å². The molecule has 4 heterocycles. The molecule has 0 spiro atoms. The number of nitrogens with zero attached hydrogens (tertiary/aromatic N) is 5. The molecule has 29 heavy (non-hydrogen) atoms. The molecule has 1 amide bonds. The molecule has 0 saturated carbocycles. The summed E-state index contributed by atoms with van der Waals surface area (Å²) in [5.74, 6) is 1.98. The lowest BCUT2D eigenvalue weighted by Gasteiger charge is -2.31. The molecular formula is C21H24N6O2. The number of carbonyl (C=O) groups is 1. The Kier molecular flexibility index (Phi) is 5.24. The highest BCUT2D eigenvalue weighted by Crippen LogP contribution is 2.31. The van der Waals surface area contributed by atoms with Gasteiger partial charge in [0.2, 0.25) is 17.6 Å². The quantitative estimate of drug-likeness (QED) is 0.712. The Hall–Kier alpha value is -3.29. The van der Waals surface area contributed by atoms with Crippen LogP contribution in [0.15, 0.2) is 28.9 Å². The van der Waals surface area contributed by atoms with E-state index in [0.29, 0.717) is 24.7 Å². The van der Waals surface area contributed by atoms with E-state index in [2.05, 4.69) is 30.3 Å². The smallest absolute Gasteiger partial charge is 0.228 e. The Morgan fingerprint density at radius 3 is 2.93 bits per heavy atom. The SMILES string of the molecule is CC(=O)NCCc1nc(-c2c(C)ncc3c2CCN(c2cccc(C)n2)C3)no1. The number of aryl methyl sites for hydroxylation is 2. The van der Waals surface area contributed by atoms with Crippen LogP contribution in [0.25, 0.3) is 11.4 Å². The molecule has 8 heteroatoms. The van der Waals surface area contributed by atoms with Crippen LogP contribution in [0.1, 0.15) is 35.3 Å². The molecule has 1 aliphatic heterocycles. The van der Waals surface area contributed by atoms with Gasteiger partial charge in [-0.05, 0) is 43.5 Å². The summed E-state index contributed by atoms with van der Waals surface area (Å²) >= 11 is 0. The van der Waals surface area contributed by atoms with Crippen molar-refractivity contribution in [1.29, 1.82) is 0 Å². The van der Waals surface area contributed by atoms with E-state index < -0.39 is 0 Å². The summed E-state index contributed by atoms with van der Waals surface area (Å²) in [6.45, 7) is 7.55. The maximum absolute atomic E-state index is 11.0. The summed E-state index contributed by atoms with van der Waals surface area (Å²) < 4.78 is 5.39. The monoisotopic (exact) mass is 392 g/mol. The number of hydrogen-bond acceptors (Lipinski definition) is 7. The largest absolute Gasteiger partial charge is 0.356 e. The number of aromatic nitrogens is 4. The van der Waals surface area contributed by atoms with Crippen molar-refractivity contribution in [2.75, 3.05) is 18.0 Å². The number of rotatable bonds is 5. The first-order valence-electron chi connectivity index (χ1n) is 9.74. The zero-order valence-corrected chi connectivity index (χ0v) is 16.9. The van der Waals surface area contributed by atoms with E-state index in [1.54, 1.807) is 0 Å². The van der Waals surface area contributed by atoms with Gasteiger partial charge in [-0.2, -0.15) is 4.98 Å². The van der Waals surface area contributed by atoms with Gasteiger partial charge in [-0.3, -0.25) is 9.78 Å².